The Balaban J connectivity index is 1.32. The molecule has 202 valence electrons. The van der Waals surface area contributed by atoms with Crippen LogP contribution in [-0.2, 0) is 27.3 Å². The number of aliphatic carboxylic acids is 1. The van der Waals surface area contributed by atoms with Crippen molar-refractivity contribution in [3.63, 3.8) is 0 Å². The molecule has 1 amide bonds. The van der Waals surface area contributed by atoms with Crippen molar-refractivity contribution in [3.05, 3.63) is 101 Å². The number of benzene rings is 4. The number of hydrogen-bond acceptors (Lipinski definition) is 3. The van der Waals surface area contributed by atoms with Crippen LogP contribution >= 0.6 is 15.9 Å². The van der Waals surface area contributed by atoms with E-state index in [0.717, 1.165) is 36.2 Å². The van der Waals surface area contributed by atoms with E-state index in [1.165, 1.54) is 0 Å². The maximum Gasteiger partial charge on any atom is 0.327 e. The Morgan fingerprint density at radius 2 is 1.51 bits per heavy atom. The second-order valence-electron chi connectivity index (χ2n) is 9.13. The fraction of sp³-hybridized carbons (Fsp3) is 0.200. The predicted octanol–water partition coefficient (Wildman–Crippen LogP) is 6.19. The van der Waals surface area contributed by atoms with Gasteiger partial charge in [-0.15, -0.1) is 0 Å². The lowest BCUT2D eigenvalue weighted by molar-refractivity contribution is -0.138. The number of nitrogens with zero attached hydrogens (tertiary/aromatic N) is 1. The molecule has 4 aromatic rings. The maximum absolute atomic E-state index is 12.5. The molecule has 7 nitrogen and oxygen atoms in total. The molecule has 0 heterocycles. The largest absolute Gasteiger partial charge is 0.480 e. The van der Waals surface area contributed by atoms with E-state index in [0.29, 0.717) is 25.1 Å². The van der Waals surface area contributed by atoms with Crippen molar-refractivity contribution in [1.82, 2.24) is 5.32 Å². The molecule has 4 rings (SSSR count). The van der Waals surface area contributed by atoms with Crippen LogP contribution < -0.4 is 9.62 Å². The third-order valence-electron chi connectivity index (χ3n) is 6.49. The number of halogens is 1. The molecule has 0 fully saturated rings. The van der Waals surface area contributed by atoms with Gasteiger partial charge in [-0.2, -0.15) is 0 Å². The average molecular weight is 610 g/mol. The van der Waals surface area contributed by atoms with Crippen LogP contribution in [0, 0.1) is 0 Å². The van der Waals surface area contributed by atoms with Gasteiger partial charge in [-0.05, 0) is 71.0 Å². The number of anilines is 1. The third-order valence-corrected chi connectivity index (χ3v) is 7.82. The molecule has 0 aliphatic heterocycles. The summed E-state index contributed by atoms with van der Waals surface area (Å²) in [7, 11) is 0. The molecular weight excluding hydrogens is 580 g/mol. The molecule has 0 radical (unpaired) electrons. The van der Waals surface area contributed by atoms with Crippen LogP contribution in [-0.4, -0.2) is 38.3 Å². The summed E-state index contributed by atoms with van der Waals surface area (Å²) < 4.78 is 24.1. The molecule has 0 spiro atoms. The monoisotopic (exact) mass is 608 g/mol. The Bertz CT molecular complexity index is 1460. The molecule has 2 atom stereocenters. The fourth-order valence-corrected chi connectivity index (χ4v) is 5.52. The van der Waals surface area contributed by atoms with Crippen LogP contribution in [0.5, 0.6) is 0 Å². The molecule has 3 N–H and O–H groups in total. The van der Waals surface area contributed by atoms with Gasteiger partial charge in [-0.25, -0.2) is 9.00 Å². The first-order valence-electron chi connectivity index (χ1n) is 12.6. The number of fused-ring (bicyclic) bond motifs is 1. The molecule has 9 heteroatoms. The number of carboxylic acid groups (broad SMARTS) is 1. The summed E-state index contributed by atoms with van der Waals surface area (Å²) in [6.07, 6.45) is 1.40. The van der Waals surface area contributed by atoms with E-state index in [9.17, 15) is 23.5 Å². The van der Waals surface area contributed by atoms with Gasteiger partial charge < -0.3 is 10.4 Å². The Labute approximate surface area is 238 Å². The molecule has 0 saturated heterocycles. The summed E-state index contributed by atoms with van der Waals surface area (Å²) in [5, 5.41) is 14.9. The van der Waals surface area contributed by atoms with E-state index in [1.807, 2.05) is 66.7 Å². The summed E-state index contributed by atoms with van der Waals surface area (Å²) in [5.41, 5.74) is 3.16. The van der Waals surface area contributed by atoms with Gasteiger partial charge in [-0.1, -0.05) is 82.7 Å². The Hall–Kier alpha value is -3.53. The highest BCUT2D eigenvalue weighted by Crippen LogP contribution is 2.27. The second kappa shape index (κ2) is 13.5. The molecule has 39 heavy (non-hydrogen) atoms. The zero-order valence-corrected chi connectivity index (χ0v) is 23.5. The van der Waals surface area contributed by atoms with Gasteiger partial charge in [0.2, 0.25) is 5.91 Å². The van der Waals surface area contributed by atoms with E-state index >= 15 is 0 Å². The number of rotatable bonds is 12. The van der Waals surface area contributed by atoms with Crippen LogP contribution in [0.2, 0.25) is 0 Å². The van der Waals surface area contributed by atoms with Crippen molar-refractivity contribution in [2.45, 2.75) is 31.7 Å². The quantitative estimate of drug-likeness (QED) is 0.131. The van der Waals surface area contributed by atoms with Crippen molar-refractivity contribution < 1.29 is 23.5 Å². The lowest BCUT2D eigenvalue weighted by Gasteiger charge is -2.27. The van der Waals surface area contributed by atoms with E-state index < -0.39 is 23.3 Å². The van der Waals surface area contributed by atoms with Crippen molar-refractivity contribution in [2.75, 3.05) is 10.8 Å². The average Bonchev–Trinajstić information content (AvgIpc) is 2.93. The van der Waals surface area contributed by atoms with Crippen molar-refractivity contribution in [3.8, 4) is 11.1 Å². The highest BCUT2D eigenvalue weighted by Gasteiger charge is 2.29. The predicted molar refractivity (Wildman–Crippen MR) is 159 cm³/mol. The summed E-state index contributed by atoms with van der Waals surface area (Å²) in [6, 6.07) is 27.2. The molecular formula is C30H29BrN2O5S. The number of nitrogens with one attached hydrogen (secondary N) is 1. The zero-order chi connectivity index (χ0) is 27.8. The molecule has 0 aliphatic rings. The Morgan fingerprint density at radius 3 is 2.18 bits per heavy atom. The Morgan fingerprint density at radius 1 is 0.872 bits per heavy atom. The highest BCUT2D eigenvalue weighted by atomic mass is 79.9. The molecule has 0 aromatic heterocycles. The van der Waals surface area contributed by atoms with Crippen molar-refractivity contribution in [2.24, 2.45) is 0 Å². The summed E-state index contributed by atoms with van der Waals surface area (Å²) in [4.78, 5) is 24.6. The second-order valence-corrected chi connectivity index (χ2v) is 10.9. The number of hydrogen-bond donors (Lipinski definition) is 3. The molecule has 0 bridgehead atoms. The van der Waals surface area contributed by atoms with Gasteiger partial charge in [0.1, 0.15) is 6.04 Å². The minimum Gasteiger partial charge on any atom is -0.480 e. The van der Waals surface area contributed by atoms with E-state index in [1.54, 1.807) is 24.3 Å². The third kappa shape index (κ3) is 7.53. The highest BCUT2D eigenvalue weighted by molar-refractivity contribution is 9.10. The smallest absolute Gasteiger partial charge is 0.327 e. The minimum absolute atomic E-state index is 0.106. The number of carbonyl (C=O) groups is 2. The normalized spacial score (nSPS) is 12.6. The van der Waals surface area contributed by atoms with Gasteiger partial charge in [0.15, 0.2) is 0 Å². The van der Waals surface area contributed by atoms with Crippen LogP contribution in [0.3, 0.4) is 0 Å². The maximum atomic E-state index is 12.5. The molecule has 4 aromatic carbocycles. The lowest BCUT2D eigenvalue weighted by Crippen LogP contribution is -2.42. The fourth-order valence-electron chi connectivity index (χ4n) is 4.54. The molecule has 0 aliphatic carbocycles. The van der Waals surface area contributed by atoms with Crippen LogP contribution in [0.15, 0.2) is 95.5 Å². The van der Waals surface area contributed by atoms with Gasteiger partial charge in [-0.3, -0.25) is 13.7 Å². The number of carbonyl (C=O) groups excluding carboxylic acids is 1. The van der Waals surface area contributed by atoms with Gasteiger partial charge in [0.25, 0.3) is 11.3 Å². The Kier molecular flexibility index (Phi) is 9.86. The van der Waals surface area contributed by atoms with Crippen LogP contribution in [0.4, 0.5) is 5.69 Å². The standard InChI is InChI=1S/C30H29BrN2O5S/c31-25-15-11-21(12-16-25)22-13-17-26(18-14-22)33(39(37)38)28(30(35)36)10-3-4-19-32-29(34)20-24-8-5-7-23-6-1-2-9-27(23)24/h1-2,5-9,11-18,28H,3-4,10,19-20H2,(H,32,34)(H,35,36)(H,37,38). The topological polar surface area (TPSA) is 107 Å². The summed E-state index contributed by atoms with van der Waals surface area (Å²) in [5.74, 6) is -1.29. The first-order valence-corrected chi connectivity index (χ1v) is 14.4. The van der Waals surface area contributed by atoms with E-state index in [4.69, 9.17) is 0 Å². The number of carboxylic acids is 1. The summed E-state index contributed by atoms with van der Waals surface area (Å²) in [6.45, 7) is 0.389. The summed E-state index contributed by atoms with van der Waals surface area (Å²) >= 11 is 0.876. The van der Waals surface area contributed by atoms with Gasteiger partial charge >= 0.3 is 5.97 Å². The van der Waals surface area contributed by atoms with Crippen molar-refractivity contribution >= 4 is 55.5 Å². The van der Waals surface area contributed by atoms with Crippen LogP contribution in [0.25, 0.3) is 21.9 Å². The number of amides is 1. The molecule has 2 unspecified atom stereocenters. The van der Waals surface area contributed by atoms with E-state index in [2.05, 4.69) is 21.2 Å². The zero-order valence-electron chi connectivity index (χ0n) is 21.1. The van der Waals surface area contributed by atoms with Gasteiger partial charge in [0.05, 0.1) is 12.1 Å². The van der Waals surface area contributed by atoms with E-state index in [-0.39, 0.29) is 18.7 Å². The first-order chi connectivity index (χ1) is 18.8. The molecule has 0 saturated carbocycles. The minimum atomic E-state index is -2.53. The number of unbranched alkanes of at least 4 members (excludes halogenated alkanes) is 1. The first kappa shape index (κ1) is 28.5. The van der Waals surface area contributed by atoms with Crippen molar-refractivity contribution in [1.29, 1.82) is 0 Å². The van der Waals surface area contributed by atoms with Gasteiger partial charge in [0, 0.05) is 11.0 Å². The SMILES string of the molecule is O=C(Cc1cccc2ccccc12)NCCCCC(C(=O)O)N(c1ccc(-c2ccc(Br)cc2)cc1)S(=O)O. The lowest BCUT2D eigenvalue weighted by atomic mass is 10.0. The van der Waals surface area contributed by atoms with Crippen LogP contribution in [0.1, 0.15) is 24.8 Å².